The summed E-state index contributed by atoms with van der Waals surface area (Å²) in [6.07, 6.45) is 1.99. The van der Waals surface area contributed by atoms with Crippen LogP contribution in [0.1, 0.15) is 5.69 Å². The monoisotopic (exact) mass is 231 g/mol. The molecular weight excluding hydrogens is 218 g/mol. The molecule has 2 aromatic rings. The first-order chi connectivity index (χ1) is 7.72. The predicted octanol–water partition coefficient (Wildman–Crippen LogP) is 2.76. The lowest BCUT2D eigenvalue weighted by Crippen LogP contribution is -2.01. The maximum Gasteiger partial charge on any atom is 0.221 e. The maximum absolute atomic E-state index is 5.65. The summed E-state index contributed by atoms with van der Waals surface area (Å²) in [5.41, 5.74) is 8.77. The predicted molar refractivity (Wildman–Crippen MR) is 68.4 cm³/mol. The summed E-state index contributed by atoms with van der Waals surface area (Å²) in [6.45, 7) is 1.96. The van der Waals surface area contributed by atoms with Crippen molar-refractivity contribution < 1.29 is 0 Å². The van der Waals surface area contributed by atoms with Crippen LogP contribution in [-0.2, 0) is 0 Å². The molecular formula is C12H13N3S. The van der Waals surface area contributed by atoms with Gasteiger partial charge in [0.05, 0.1) is 5.69 Å². The van der Waals surface area contributed by atoms with Crippen molar-refractivity contribution in [1.82, 2.24) is 9.97 Å². The smallest absolute Gasteiger partial charge is 0.221 e. The molecule has 0 spiro atoms. The Morgan fingerprint density at radius 2 is 1.81 bits per heavy atom. The van der Waals surface area contributed by atoms with Crippen molar-refractivity contribution in [2.45, 2.75) is 11.9 Å². The second-order valence-electron chi connectivity index (χ2n) is 3.42. The number of anilines is 1. The Bertz CT molecular complexity index is 497. The van der Waals surface area contributed by atoms with Gasteiger partial charge in [-0.25, -0.2) is 9.97 Å². The van der Waals surface area contributed by atoms with Crippen molar-refractivity contribution in [3.8, 4) is 11.1 Å². The molecule has 0 saturated carbocycles. The number of aromatic nitrogens is 2. The summed E-state index contributed by atoms with van der Waals surface area (Å²) in [6, 6.07) is 10.1. The zero-order valence-electron chi connectivity index (χ0n) is 9.27. The Kier molecular flexibility index (Phi) is 3.10. The van der Waals surface area contributed by atoms with Crippen molar-refractivity contribution in [3.63, 3.8) is 0 Å². The largest absolute Gasteiger partial charge is 0.368 e. The normalized spacial score (nSPS) is 10.4. The van der Waals surface area contributed by atoms with Gasteiger partial charge in [0.1, 0.15) is 5.03 Å². The van der Waals surface area contributed by atoms with Crippen LogP contribution in [-0.4, -0.2) is 16.2 Å². The molecule has 1 aromatic heterocycles. The van der Waals surface area contributed by atoms with Gasteiger partial charge in [0, 0.05) is 5.56 Å². The van der Waals surface area contributed by atoms with Crippen LogP contribution in [0.4, 0.5) is 5.95 Å². The van der Waals surface area contributed by atoms with E-state index in [0.717, 1.165) is 21.8 Å². The van der Waals surface area contributed by atoms with Gasteiger partial charge in [-0.3, -0.25) is 0 Å². The molecule has 0 saturated heterocycles. The van der Waals surface area contributed by atoms with Crippen LogP contribution in [0.15, 0.2) is 35.4 Å². The lowest BCUT2D eigenvalue weighted by molar-refractivity contribution is 1.03. The SMILES string of the molecule is CSc1nc(N)nc(C)c1-c1ccccc1. The average molecular weight is 231 g/mol. The molecule has 2 N–H and O–H groups in total. The summed E-state index contributed by atoms with van der Waals surface area (Å²) in [4.78, 5) is 8.47. The molecule has 0 radical (unpaired) electrons. The number of hydrogen-bond donors (Lipinski definition) is 1. The average Bonchev–Trinajstić information content (AvgIpc) is 2.29. The van der Waals surface area contributed by atoms with Gasteiger partial charge in [-0.1, -0.05) is 30.3 Å². The van der Waals surface area contributed by atoms with Crippen LogP contribution >= 0.6 is 11.8 Å². The van der Waals surface area contributed by atoms with E-state index in [1.807, 2.05) is 31.4 Å². The number of rotatable bonds is 2. The summed E-state index contributed by atoms with van der Waals surface area (Å²) in [5.74, 6) is 0.335. The van der Waals surface area contributed by atoms with Gasteiger partial charge >= 0.3 is 0 Å². The summed E-state index contributed by atoms with van der Waals surface area (Å²) in [5, 5.41) is 0.927. The Morgan fingerprint density at radius 1 is 1.12 bits per heavy atom. The second-order valence-corrected chi connectivity index (χ2v) is 4.21. The third-order valence-electron chi connectivity index (χ3n) is 2.33. The van der Waals surface area contributed by atoms with E-state index in [9.17, 15) is 0 Å². The quantitative estimate of drug-likeness (QED) is 0.638. The highest BCUT2D eigenvalue weighted by Gasteiger charge is 2.11. The van der Waals surface area contributed by atoms with E-state index in [0.29, 0.717) is 5.95 Å². The van der Waals surface area contributed by atoms with E-state index in [1.54, 1.807) is 11.8 Å². The van der Waals surface area contributed by atoms with E-state index >= 15 is 0 Å². The number of nitrogens with zero attached hydrogens (tertiary/aromatic N) is 2. The Balaban J connectivity index is 2.64. The molecule has 3 nitrogen and oxygen atoms in total. The van der Waals surface area contributed by atoms with Gasteiger partial charge in [0.25, 0.3) is 0 Å². The molecule has 1 heterocycles. The highest BCUT2D eigenvalue weighted by molar-refractivity contribution is 7.98. The van der Waals surface area contributed by atoms with Gasteiger partial charge in [-0.2, -0.15) is 0 Å². The van der Waals surface area contributed by atoms with E-state index in [2.05, 4.69) is 22.1 Å². The molecule has 0 aliphatic rings. The van der Waals surface area contributed by atoms with Crippen molar-refractivity contribution in [1.29, 1.82) is 0 Å². The number of hydrogen-bond acceptors (Lipinski definition) is 4. The van der Waals surface area contributed by atoms with Crippen molar-refractivity contribution >= 4 is 17.7 Å². The maximum atomic E-state index is 5.65. The summed E-state index contributed by atoms with van der Waals surface area (Å²) >= 11 is 1.59. The fourth-order valence-corrected chi connectivity index (χ4v) is 2.31. The van der Waals surface area contributed by atoms with Gasteiger partial charge < -0.3 is 5.73 Å². The fourth-order valence-electron chi connectivity index (χ4n) is 1.65. The molecule has 0 unspecified atom stereocenters. The Labute approximate surface area is 99.1 Å². The standard InChI is InChI=1S/C12H13N3S/c1-8-10(9-6-4-3-5-7-9)11(16-2)15-12(13)14-8/h3-7H,1-2H3,(H2,13,14,15). The molecule has 0 atom stereocenters. The van der Waals surface area contributed by atoms with Crippen LogP contribution < -0.4 is 5.73 Å². The molecule has 0 bridgehead atoms. The lowest BCUT2D eigenvalue weighted by atomic mass is 10.1. The zero-order chi connectivity index (χ0) is 11.5. The van der Waals surface area contributed by atoms with E-state index < -0.39 is 0 Å². The van der Waals surface area contributed by atoms with Crippen LogP contribution in [0, 0.1) is 6.92 Å². The molecule has 16 heavy (non-hydrogen) atoms. The Hall–Kier alpha value is -1.55. The van der Waals surface area contributed by atoms with Crippen LogP contribution in [0.5, 0.6) is 0 Å². The molecule has 2 rings (SSSR count). The first-order valence-electron chi connectivity index (χ1n) is 4.96. The van der Waals surface area contributed by atoms with Crippen molar-refractivity contribution in [2.75, 3.05) is 12.0 Å². The molecule has 0 amide bonds. The van der Waals surface area contributed by atoms with Crippen LogP contribution in [0.3, 0.4) is 0 Å². The van der Waals surface area contributed by atoms with Crippen LogP contribution in [0.2, 0.25) is 0 Å². The minimum absolute atomic E-state index is 0.335. The number of benzene rings is 1. The first-order valence-corrected chi connectivity index (χ1v) is 6.18. The minimum atomic E-state index is 0.335. The van der Waals surface area contributed by atoms with E-state index in [-0.39, 0.29) is 0 Å². The number of aryl methyl sites for hydroxylation is 1. The fraction of sp³-hybridized carbons (Fsp3) is 0.167. The van der Waals surface area contributed by atoms with E-state index in [1.165, 1.54) is 0 Å². The number of nitrogen functional groups attached to an aromatic ring is 1. The van der Waals surface area contributed by atoms with Crippen LogP contribution in [0.25, 0.3) is 11.1 Å². The molecule has 82 valence electrons. The molecule has 0 aliphatic carbocycles. The highest BCUT2D eigenvalue weighted by Crippen LogP contribution is 2.30. The van der Waals surface area contributed by atoms with Gasteiger partial charge in [0.15, 0.2) is 0 Å². The third kappa shape index (κ3) is 2.02. The summed E-state index contributed by atoms with van der Waals surface area (Å²) in [7, 11) is 0. The number of nitrogens with two attached hydrogens (primary N) is 1. The van der Waals surface area contributed by atoms with E-state index in [4.69, 9.17) is 5.73 Å². The Morgan fingerprint density at radius 3 is 2.44 bits per heavy atom. The number of thioether (sulfide) groups is 1. The highest BCUT2D eigenvalue weighted by atomic mass is 32.2. The first kappa shape index (κ1) is 11.0. The van der Waals surface area contributed by atoms with Gasteiger partial charge in [-0.15, -0.1) is 11.8 Å². The minimum Gasteiger partial charge on any atom is -0.368 e. The molecule has 0 aliphatic heterocycles. The molecule has 4 heteroatoms. The molecule has 0 fully saturated rings. The third-order valence-corrected chi connectivity index (χ3v) is 3.01. The lowest BCUT2D eigenvalue weighted by Gasteiger charge is -2.10. The van der Waals surface area contributed by atoms with Crippen molar-refractivity contribution in [3.05, 3.63) is 36.0 Å². The van der Waals surface area contributed by atoms with Crippen molar-refractivity contribution in [2.24, 2.45) is 0 Å². The summed E-state index contributed by atoms with van der Waals surface area (Å²) < 4.78 is 0. The van der Waals surface area contributed by atoms with Gasteiger partial charge in [0.2, 0.25) is 5.95 Å². The topological polar surface area (TPSA) is 51.8 Å². The molecule has 1 aromatic carbocycles. The van der Waals surface area contributed by atoms with Gasteiger partial charge in [-0.05, 0) is 18.7 Å². The second kappa shape index (κ2) is 4.53. The zero-order valence-corrected chi connectivity index (χ0v) is 10.1.